The van der Waals surface area contributed by atoms with Crippen molar-refractivity contribution in [1.82, 2.24) is 9.55 Å². The van der Waals surface area contributed by atoms with Gasteiger partial charge >= 0.3 is 5.97 Å². The van der Waals surface area contributed by atoms with Crippen LogP contribution < -0.4 is 10.9 Å². The monoisotopic (exact) mass is 483 g/mol. The van der Waals surface area contributed by atoms with Crippen molar-refractivity contribution in [2.75, 3.05) is 12.4 Å². The molecule has 3 aromatic carbocycles. The fourth-order valence-electron chi connectivity index (χ4n) is 4.01. The Morgan fingerprint density at radius 2 is 1.83 bits per heavy atom. The first-order chi connectivity index (χ1) is 17.0. The number of ether oxygens (including phenoxy) is 1. The molecule has 7 nitrogen and oxygen atoms in total. The molecule has 35 heavy (non-hydrogen) atoms. The second-order valence-corrected chi connectivity index (χ2v) is 8.94. The number of nitrogens with one attached hydrogen (secondary N) is 1. The lowest BCUT2D eigenvalue weighted by Crippen LogP contribution is -2.31. The molecule has 5 rings (SSSR count). The van der Waals surface area contributed by atoms with E-state index in [1.54, 1.807) is 25.1 Å². The normalized spacial score (nSPS) is 11.9. The van der Waals surface area contributed by atoms with Crippen LogP contribution in [0.2, 0.25) is 0 Å². The number of carbonyl (C=O) groups is 2. The summed E-state index contributed by atoms with van der Waals surface area (Å²) in [6.45, 7) is 1.64. The molecule has 0 fully saturated rings. The first-order valence-corrected chi connectivity index (χ1v) is 11.8. The molecule has 0 saturated carbocycles. The van der Waals surface area contributed by atoms with Gasteiger partial charge in [-0.2, -0.15) is 0 Å². The predicted molar refractivity (Wildman–Crippen MR) is 138 cm³/mol. The maximum absolute atomic E-state index is 13.5. The molecule has 1 atom stereocenters. The van der Waals surface area contributed by atoms with Gasteiger partial charge in [0, 0.05) is 16.6 Å². The fourth-order valence-corrected chi connectivity index (χ4v) is 4.91. The zero-order chi connectivity index (χ0) is 24.5. The Bertz CT molecular complexity index is 1650. The van der Waals surface area contributed by atoms with Gasteiger partial charge in [0.15, 0.2) is 0 Å². The lowest BCUT2D eigenvalue weighted by molar-refractivity contribution is -0.118. The molecule has 0 aliphatic heterocycles. The van der Waals surface area contributed by atoms with Crippen LogP contribution in [0, 0.1) is 0 Å². The van der Waals surface area contributed by atoms with Crippen molar-refractivity contribution in [1.29, 1.82) is 0 Å². The Balaban J connectivity index is 1.49. The highest BCUT2D eigenvalue weighted by Gasteiger charge is 2.21. The molecule has 1 amide bonds. The summed E-state index contributed by atoms with van der Waals surface area (Å²) in [6, 6.07) is 19.7. The Morgan fingerprint density at radius 1 is 1.03 bits per heavy atom. The number of thiophene rings is 1. The number of methoxy groups -OCH3 is 1. The van der Waals surface area contributed by atoms with Crippen molar-refractivity contribution in [2.24, 2.45) is 0 Å². The maximum Gasteiger partial charge on any atom is 0.337 e. The van der Waals surface area contributed by atoms with Gasteiger partial charge in [-0.3, -0.25) is 14.2 Å². The van der Waals surface area contributed by atoms with Gasteiger partial charge in [-0.15, -0.1) is 11.3 Å². The van der Waals surface area contributed by atoms with Crippen LogP contribution in [0.4, 0.5) is 5.69 Å². The zero-order valence-corrected chi connectivity index (χ0v) is 19.8. The van der Waals surface area contributed by atoms with Crippen LogP contribution in [0.3, 0.4) is 0 Å². The molecular weight excluding hydrogens is 462 g/mol. The topological polar surface area (TPSA) is 90.3 Å². The lowest BCUT2D eigenvalue weighted by atomic mass is 10.0. The van der Waals surface area contributed by atoms with E-state index in [9.17, 15) is 14.4 Å². The van der Waals surface area contributed by atoms with Crippen LogP contribution >= 0.6 is 11.3 Å². The Labute approximate surface area is 204 Å². The van der Waals surface area contributed by atoms with Crippen LogP contribution in [-0.2, 0) is 9.53 Å². The number of nitrogens with zero attached hydrogens (tertiary/aromatic N) is 2. The standard InChI is InChI=1S/C27H21N3O4S/c1-16(24(31)29-21-9-5-8-20(13-21)27(33)34-2)30-15-28-25-23(26(30)32)22(14-35-25)19-11-10-17-6-3-4-7-18(17)12-19/h3-16H,1-2H3,(H,29,31). The van der Waals surface area contributed by atoms with E-state index in [1.165, 1.54) is 35.4 Å². The fraction of sp³-hybridized carbons (Fsp3) is 0.111. The highest BCUT2D eigenvalue weighted by Crippen LogP contribution is 2.32. The molecule has 0 bridgehead atoms. The number of fused-ring (bicyclic) bond motifs is 2. The second kappa shape index (κ2) is 9.15. The summed E-state index contributed by atoms with van der Waals surface area (Å²) < 4.78 is 6.06. The molecule has 0 aliphatic rings. The smallest absolute Gasteiger partial charge is 0.337 e. The van der Waals surface area contributed by atoms with Crippen molar-refractivity contribution in [3.63, 3.8) is 0 Å². The SMILES string of the molecule is COC(=O)c1cccc(NC(=O)C(C)n2cnc3scc(-c4ccc5ccccc5c4)c3c2=O)c1. The highest BCUT2D eigenvalue weighted by atomic mass is 32.1. The van der Waals surface area contributed by atoms with E-state index in [4.69, 9.17) is 4.74 Å². The van der Waals surface area contributed by atoms with Gasteiger partial charge in [-0.25, -0.2) is 9.78 Å². The number of anilines is 1. The molecule has 8 heteroatoms. The predicted octanol–water partition coefficient (Wildman–Crippen LogP) is 5.26. The first-order valence-electron chi connectivity index (χ1n) is 10.9. The molecule has 0 spiro atoms. The van der Waals surface area contributed by atoms with E-state index in [1.807, 2.05) is 41.8 Å². The summed E-state index contributed by atoms with van der Waals surface area (Å²) in [5, 5.41) is 7.37. The number of amides is 1. The van der Waals surface area contributed by atoms with E-state index < -0.39 is 17.9 Å². The Kier molecular flexibility index (Phi) is 5.88. The molecule has 1 N–H and O–H groups in total. The third-order valence-electron chi connectivity index (χ3n) is 5.93. The van der Waals surface area contributed by atoms with Gasteiger partial charge in [0.05, 0.1) is 24.4 Å². The number of hydrogen-bond acceptors (Lipinski definition) is 6. The van der Waals surface area contributed by atoms with E-state index >= 15 is 0 Å². The third kappa shape index (κ3) is 4.20. The third-order valence-corrected chi connectivity index (χ3v) is 6.81. The zero-order valence-electron chi connectivity index (χ0n) is 19.0. The largest absolute Gasteiger partial charge is 0.465 e. The molecular formula is C27H21N3O4S. The summed E-state index contributed by atoms with van der Waals surface area (Å²) in [7, 11) is 1.29. The summed E-state index contributed by atoms with van der Waals surface area (Å²) in [6.07, 6.45) is 1.40. The average Bonchev–Trinajstić information content (AvgIpc) is 3.33. The number of benzene rings is 3. The van der Waals surface area contributed by atoms with Crippen LogP contribution in [0.15, 0.2) is 83.2 Å². The molecule has 5 aromatic rings. The number of esters is 1. The molecule has 1 unspecified atom stereocenters. The van der Waals surface area contributed by atoms with Gasteiger partial charge in [0.2, 0.25) is 5.91 Å². The van der Waals surface area contributed by atoms with Gasteiger partial charge in [0.1, 0.15) is 10.9 Å². The van der Waals surface area contributed by atoms with Crippen LogP contribution in [0.5, 0.6) is 0 Å². The minimum Gasteiger partial charge on any atom is -0.465 e. The maximum atomic E-state index is 13.5. The first kappa shape index (κ1) is 22.5. The molecule has 0 saturated heterocycles. The van der Waals surface area contributed by atoms with E-state index in [-0.39, 0.29) is 5.56 Å². The number of hydrogen-bond donors (Lipinski definition) is 1. The van der Waals surface area contributed by atoms with Crippen molar-refractivity contribution >= 4 is 49.9 Å². The van der Waals surface area contributed by atoms with Crippen molar-refractivity contribution in [2.45, 2.75) is 13.0 Å². The van der Waals surface area contributed by atoms with Crippen molar-refractivity contribution in [3.8, 4) is 11.1 Å². The van der Waals surface area contributed by atoms with Crippen molar-refractivity contribution in [3.05, 3.63) is 94.4 Å². The van der Waals surface area contributed by atoms with E-state index in [0.29, 0.717) is 21.5 Å². The number of carbonyl (C=O) groups excluding carboxylic acids is 2. The summed E-state index contributed by atoms with van der Waals surface area (Å²) in [5.74, 6) is -0.906. The van der Waals surface area contributed by atoms with Gasteiger partial charge in [0.25, 0.3) is 5.56 Å². The second-order valence-electron chi connectivity index (χ2n) is 8.09. The molecule has 2 heterocycles. The summed E-state index contributed by atoms with van der Waals surface area (Å²) in [5.41, 5.74) is 2.17. The van der Waals surface area contributed by atoms with Gasteiger partial charge < -0.3 is 10.1 Å². The molecule has 0 aliphatic carbocycles. The minimum atomic E-state index is -0.828. The molecule has 2 aromatic heterocycles. The van der Waals surface area contributed by atoms with Crippen LogP contribution in [0.1, 0.15) is 23.3 Å². The highest BCUT2D eigenvalue weighted by molar-refractivity contribution is 7.17. The van der Waals surface area contributed by atoms with E-state index in [0.717, 1.165) is 21.9 Å². The molecule has 0 radical (unpaired) electrons. The lowest BCUT2D eigenvalue weighted by Gasteiger charge is -2.15. The Morgan fingerprint density at radius 3 is 2.63 bits per heavy atom. The Hall–Kier alpha value is -4.30. The van der Waals surface area contributed by atoms with Crippen LogP contribution in [-0.4, -0.2) is 28.5 Å². The minimum absolute atomic E-state index is 0.287. The number of rotatable bonds is 5. The summed E-state index contributed by atoms with van der Waals surface area (Å²) in [4.78, 5) is 43.3. The molecule has 174 valence electrons. The van der Waals surface area contributed by atoms with Gasteiger partial charge in [-0.05, 0) is 47.5 Å². The quantitative estimate of drug-likeness (QED) is 0.344. The van der Waals surface area contributed by atoms with E-state index in [2.05, 4.69) is 16.4 Å². The van der Waals surface area contributed by atoms with Gasteiger partial charge in [-0.1, -0.05) is 42.5 Å². The van der Waals surface area contributed by atoms with Crippen molar-refractivity contribution < 1.29 is 14.3 Å². The van der Waals surface area contributed by atoms with Crippen LogP contribution in [0.25, 0.3) is 32.1 Å². The average molecular weight is 484 g/mol. The summed E-state index contributed by atoms with van der Waals surface area (Å²) >= 11 is 1.40. The number of aromatic nitrogens is 2.